The third-order valence-electron chi connectivity index (χ3n) is 6.38. The molecular weight excluding hydrogens is 412 g/mol. The Morgan fingerprint density at radius 3 is 1.76 bits per heavy atom. The molecule has 0 radical (unpaired) electrons. The van der Waals surface area contributed by atoms with E-state index < -0.39 is 0 Å². The Morgan fingerprint density at radius 1 is 0.647 bits per heavy atom. The fourth-order valence-corrected chi connectivity index (χ4v) is 4.72. The van der Waals surface area contributed by atoms with Gasteiger partial charge in [-0.25, -0.2) is 0 Å². The van der Waals surface area contributed by atoms with Crippen molar-refractivity contribution >= 4 is 5.69 Å². The zero-order valence-corrected chi connectivity index (χ0v) is 20.4. The molecule has 34 heavy (non-hydrogen) atoms. The number of nitrogens with two attached hydrogens (primary N) is 1. The van der Waals surface area contributed by atoms with Crippen molar-refractivity contribution in [1.29, 1.82) is 0 Å². The van der Waals surface area contributed by atoms with Crippen LogP contribution in [-0.2, 0) is 12.8 Å². The van der Waals surface area contributed by atoms with Crippen LogP contribution >= 0.6 is 0 Å². The van der Waals surface area contributed by atoms with Crippen LogP contribution in [-0.4, -0.2) is 0 Å². The van der Waals surface area contributed by atoms with Gasteiger partial charge in [0.1, 0.15) is 0 Å². The molecule has 0 spiro atoms. The molecule has 0 saturated heterocycles. The van der Waals surface area contributed by atoms with Crippen molar-refractivity contribution in [2.45, 2.75) is 51.6 Å². The minimum absolute atomic E-state index is 0.0568. The molecule has 0 aliphatic rings. The summed E-state index contributed by atoms with van der Waals surface area (Å²) in [4.78, 5) is 0. The minimum Gasteiger partial charge on any atom is -0.376 e. The van der Waals surface area contributed by atoms with Crippen molar-refractivity contribution in [3.05, 3.63) is 125 Å². The summed E-state index contributed by atoms with van der Waals surface area (Å²) in [7, 11) is 0. The van der Waals surface area contributed by atoms with Crippen molar-refractivity contribution in [3.8, 4) is 11.1 Å². The van der Waals surface area contributed by atoms with E-state index >= 15 is 0 Å². The number of rotatable bonds is 10. The van der Waals surface area contributed by atoms with Gasteiger partial charge in [-0.2, -0.15) is 0 Å². The van der Waals surface area contributed by atoms with Gasteiger partial charge in [0, 0.05) is 11.3 Å². The number of benzene rings is 4. The standard InChI is InChI=1S/C32H36N2/c1-3-13-24-21-25(14-4-2)23-28(22-24)29-19-11-12-20-30(29)34-32(27-17-9-6-10-18-27)31(33)26-15-7-5-8-16-26/h5-12,15-23,31-32,34H,3-4,13-14,33H2,1-2H3/t31-,32-/m0/s1. The molecule has 0 fully saturated rings. The van der Waals surface area contributed by atoms with Crippen LogP contribution in [0.4, 0.5) is 5.69 Å². The van der Waals surface area contributed by atoms with Gasteiger partial charge >= 0.3 is 0 Å². The molecule has 4 aromatic rings. The summed E-state index contributed by atoms with van der Waals surface area (Å²) >= 11 is 0. The molecule has 2 heteroatoms. The van der Waals surface area contributed by atoms with Crippen LogP contribution in [0.3, 0.4) is 0 Å². The zero-order valence-electron chi connectivity index (χ0n) is 20.4. The Kier molecular flexibility index (Phi) is 8.17. The fraction of sp³-hybridized carbons (Fsp3) is 0.250. The Morgan fingerprint density at radius 2 is 1.18 bits per heavy atom. The van der Waals surface area contributed by atoms with Crippen molar-refractivity contribution < 1.29 is 0 Å². The van der Waals surface area contributed by atoms with Crippen molar-refractivity contribution in [2.24, 2.45) is 5.73 Å². The van der Waals surface area contributed by atoms with Crippen molar-refractivity contribution in [3.63, 3.8) is 0 Å². The smallest absolute Gasteiger partial charge is 0.0706 e. The van der Waals surface area contributed by atoms with Gasteiger partial charge in [0.2, 0.25) is 0 Å². The maximum absolute atomic E-state index is 6.87. The van der Waals surface area contributed by atoms with E-state index in [1.54, 1.807) is 0 Å². The normalized spacial score (nSPS) is 12.8. The summed E-state index contributed by atoms with van der Waals surface area (Å²) in [6, 6.07) is 36.4. The molecule has 4 rings (SSSR count). The van der Waals surface area contributed by atoms with Crippen LogP contribution in [0.15, 0.2) is 103 Å². The Balaban J connectivity index is 1.75. The predicted octanol–water partition coefficient (Wildman–Crippen LogP) is 8.11. The maximum Gasteiger partial charge on any atom is 0.0706 e. The van der Waals surface area contributed by atoms with Gasteiger partial charge in [-0.15, -0.1) is 0 Å². The lowest BCUT2D eigenvalue weighted by molar-refractivity contribution is 0.610. The van der Waals surface area contributed by atoms with E-state index in [2.05, 4.69) is 116 Å². The Hall–Kier alpha value is -3.36. The summed E-state index contributed by atoms with van der Waals surface area (Å²) < 4.78 is 0. The van der Waals surface area contributed by atoms with Crippen LogP contribution in [0.2, 0.25) is 0 Å². The quantitative estimate of drug-likeness (QED) is 0.257. The Bertz CT molecular complexity index is 1140. The molecule has 4 aromatic carbocycles. The van der Waals surface area contributed by atoms with Crippen LogP contribution in [0.1, 0.15) is 61.0 Å². The number of para-hydroxylation sites is 1. The summed E-state index contributed by atoms with van der Waals surface area (Å²) in [5, 5.41) is 3.84. The first kappa shape index (κ1) is 23.8. The third-order valence-corrected chi connectivity index (χ3v) is 6.38. The van der Waals surface area contributed by atoms with Crippen LogP contribution < -0.4 is 11.1 Å². The predicted molar refractivity (Wildman–Crippen MR) is 146 cm³/mol. The number of hydrogen-bond acceptors (Lipinski definition) is 2. The average molecular weight is 449 g/mol. The fourth-order valence-electron chi connectivity index (χ4n) is 4.72. The van der Waals surface area contributed by atoms with Gasteiger partial charge < -0.3 is 11.1 Å². The van der Waals surface area contributed by atoms with E-state index in [0.717, 1.165) is 36.9 Å². The lowest BCUT2D eigenvalue weighted by atomic mass is 9.92. The second kappa shape index (κ2) is 11.7. The number of nitrogens with one attached hydrogen (secondary N) is 1. The second-order valence-electron chi connectivity index (χ2n) is 9.05. The van der Waals surface area contributed by atoms with E-state index in [9.17, 15) is 0 Å². The molecule has 0 unspecified atom stereocenters. The molecule has 0 aliphatic carbocycles. The molecule has 0 saturated carbocycles. The van der Waals surface area contributed by atoms with E-state index in [4.69, 9.17) is 5.73 Å². The molecule has 2 atom stereocenters. The van der Waals surface area contributed by atoms with Gasteiger partial charge in [0.25, 0.3) is 0 Å². The third kappa shape index (κ3) is 5.76. The number of anilines is 1. The summed E-state index contributed by atoms with van der Waals surface area (Å²) in [6.45, 7) is 4.49. The van der Waals surface area contributed by atoms with Gasteiger partial charge in [0.15, 0.2) is 0 Å². The van der Waals surface area contributed by atoms with Crippen molar-refractivity contribution in [1.82, 2.24) is 0 Å². The van der Waals surface area contributed by atoms with E-state index in [1.165, 1.54) is 27.8 Å². The minimum atomic E-state index is -0.182. The van der Waals surface area contributed by atoms with Crippen LogP contribution in [0, 0.1) is 0 Å². The summed E-state index contributed by atoms with van der Waals surface area (Å²) in [6.07, 6.45) is 4.51. The van der Waals surface area contributed by atoms with E-state index in [-0.39, 0.29) is 12.1 Å². The first-order valence-electron chi connectivity index (χ1n) is 12.5. The first-order valence-corrected chi connectivity index (χ1v) is 12.5. The highest BCUT2D eigenvalue weighted by atomic mass is 15.0. The topological polar surface area (TPSA) is 38.0 Å². The highest BCUT2D eigenvalue weighted by Gasteiger charge is 2.22. The molecule has 0 heterocycles. The molecule has 0 bridgehead atoms. The molecule has 3 N–H and O–H groups in total. The zero-order chi connectivity index (χ0) is 23.8. The van der Waals surface area contributed by atoms with Gasteiger partial charge in [-0.1, -0.05) is 124 Å². The lowest BCUT2D eigenvalue weighted by Crippen LogP contribution is -2.26. The van der Waals surface area contributed by atoms with Gasteiger partial charge in [0.05, 0.1) is 12.1 Å². The molecule has 0 amide bonds. The molecular formula is C32H36N2. The largest absolute Gasteiger partial charge is 0.376 e. The maximum atomic E-state index is 6.87. The summed E-state index contributed by atoms with van der Waals surface area (Å²) in [5.41, 5.74) is 15.6. The van der Waals surface area contributed by atoms with Crippen molar-refractivity contribution in [2.75, 3.05) is 5.32 Å². The molecule has 0 aromatic heterocycles. The van der Waals surface area contributed by atoms with Gasteiger partial charge in [-0.05, 0) is 46.7 Å². The average Bonchev–Trinajstić information content (AvgIpc) is 2.88. The van der Waals surface area contributed by atoms with Gasteiger partial charge in [-0.3, -0.25) is 0 Å². The number of hydrogen-bond donors (Lipinski definition) is 2. The lowest BCUT2D eigenvalue weighted by Gasteiger charge is -2.28. The number of aryl methyl sites for hydroxylation is 2. The second-order valence-corrected chi connectivity index (χ2v) is 9.05. The van der Waals surface area contributed by atoms with Crippen LogP contribution in [0.5, 0.6) is 0 Å². The van der Waals surface area contributed by atoms with E-state index in [0.29, 0.717) is 0 Å². The molecule has 2 nitrogen and oxygen atoms in total. The highest BCUT2D eigenvalue weighted by Crippen LogP contribution is 2.36. The molecule has 0 aliphatic heterocycles. The Labute approximate surface area is 204 Å². The SMILES string of the molecule is CCCc1cc(CCC)cc(-c2ccccc2N[C@@H](c2ccccc2)[C@@H](N)c2ccccc2)c1. The van der Waals surface area contributed by atoms with Crippen LogP contribution in [0.25, 0.3) is 11.1 Å². The highest BCUT2D eigenvalue weighted by molar-refractivity contribution is 5.79. The molecule has 174 valence electrons. The monoisotopic (exact) mass is 448 g/mol. The van der Waals surface area contributed by atoms with E-state index in [1.807, 2.05) is 6.07 Å². The first-order chi connectivity index (χ1) is 16.7. The summed E-state index contributed by atoms with van der Waals surface area (Å²) in [5.74, 6) is 0.